The summed E-state index contributed by atoms with van der Waals surface area (Å²) in [6.07, 6.45) is 10.9. The van der Waals surface area contributed by atoms with E-state index in [1.54, 1.807) is 42.6 Å². The van der Waals surface area contributed by atoms with Crippen LogP contribution in [0.1, 0.15) is 81.1 Å². The monoisotopic (exact) mass is 517 g/mol. The van der Waals surface area contributed by atoms with Gasteiger partial charge >= 0.3 is 5.97 Å². The quantitative estimate of drug-likeness (QED) is 0.0895. The largest absolute Gasteiger partial charge is 0.507 e. The van der Waals surface area contributed by atoms with Crippen molar-refractivity contribution in [1.29, 1.82) is 0 Å². The summed E-state index contributed by atoms with van der Waals surface area (Å²) in [5.41, 5.74) is 1.66. The Bertz CT molecular complexity index is 1140. The number of aromatic hydroxyl groups is 1. The number of ether oxygens (including phenoxy) is 3. The van der Waals surface area contributed by atoms with Crippen molar-refractivity contribution in [3.8, 4) is 23.0 Å². The Morgan fingerprint density at radius 3 is 1.97 bits per heavy atom. The van der Waals surface area contributed by atoms with E-state index in [1.807, 2.05) is 24.3 Å². The maximum atomic E-state index is 12.5. The van der Waals surface area contributed by atoms with E-state index in [9.17, 15) is 9.90 Å². The van der Waals surface area contributed by atoms with Gasteiger partial charge in [0.2, 0.25) is 0 Å². The predicted molar refractivity (Wildman–Crippen MR) is 152 cm³/mol. The molecule has 0 aliphatic carbocycles. The lowest BCUT2D eigenvalue weighted by atomic mass is 10.1. The maximum absolute atomic E-state index is 12.5. The second-order valence-electron chi connectivity index (χ2n) is 9.20. The predicted octanol–water partition coefficient (Wildman–Crippen LogP) is 8.28. The minimum absolute atomic E-state index is 0.0305. The second kappa shape index (κ2) is 16.1. The molecule has 0 atom stereocenters. The highest BCUT2D eigenvalue weighted by molar-refractivity contribution is 5.91. The van der Waals surface area contributed by atoms with Gasteiger partial charge < -0.3 is 19.3 Å². The third-order valence-corrected chi connectivity index (χ3v) is 6.03. The van der Waals surface area contributed by atoms with Gasteiger partial charge in [-0.3, -0.25) is 4.99 Å². The number of carbonyl (C=O) groups is 1. The lowest BCUT2D eigenvalue weighted by Crippen LogP contribution is -2.08. The molecular weight excluding hydrogens is 478 g/mol. The number of carbonyl (C=O) groups excluding carboxylic acids is 1. The molecule has 0 radical (unpaired) electrons. The molecule has 6 heteroatoms. The van der Waals surface area contributed by atoms with Crippen molar-refractivity contribution in [3.63, 3.8) is 0 Å². The molecule has 0 fully saturated rings. The molecule has 38 heavy (non-hydrogen) atoms. The van der Waals surface area contributed by atoms with Crippen molar-refractivity contribution in [2.45, 2.75) is 65.2 Å². The molecule has 1 N–H and O–H groups in total. The fourth-order valence-corrected chi connectivity index (χ4v) is 3.73. The number of hydrogen-bond donors (Lipinski definition) is 1. The van der Waals surface area contributed by atoms with E-state index < -0.39 is 5.97 Å². The molecule has 3 rings (SSSR count). The van der Waals surface area contributed by atoms with Crippen molar-refractivity contribution in [2.24, 2.45) is 4.99 Å². The highest BCUT2D eigenvalue weighted by atomic mass is 16.5. The van der Waals surface area contributed by atoms with E-state index >= 15 is 0 Å². The molecule has 0 amide bonds. The Morgan fingerprint density at radius 2 is 1.32 bits per heavy atom. The van der Waals surface area contributed by atoms with Gasteiger partial charge in [0.05, 0.1) is 24.5 Å². The van der Waals surface area contributed by atoms with Crippen LogP contribution < -0.4 is 14.2 Å². The summed E-state index contributed by atoms with van der Waals surface area (Å²) in [7, 11) is 0. The second-order valence-corrected chi connectivity index (χ2v) is 9.20. The van der Waals surface area contributed by atoms with Crippen LogP contribution in [0.5, 0.6) is 23.0 Å². The van der Waals surface area contributed by atoms with Crippen molar-refractivity contribution in [2.75, 3.05) is 13.2 Å². The average Bonchev–Trinajstić information content (AvgIpc) is 2.93. The topological polar surface area (TPSA) is 77.4 Å². The lowest BCUT2D eigenvalue weighted by Gasteiger charge is -2.08. The van der Waals surface area contributed by atoms with Gasteiger partial charge in [0.25, 0.3) is 0 Å². The van der Waals surface area contributed by atoms with Crippen molar-refractivity contribution >= 4 is 17.9 Å². The first-order valence-electron chi connectivity index (χ1n) is 13.6. The van der Waals surface area contributed by atoms with E-state index in [0.717, 1.165) is 36.4 Å². The number of phenols is 1. The normalized spacial score (nSPS) is 11.0. The van der Waals surface area contributed by atoms with E-state index in [4.69, 9.17) is 14.2 Å². The molecule has 0 unspecified atom stereocenters. The summed E-state index contributed by atoms with van der Waals surface area (Å²) in [6, 6.07) is 19.1. The Hall–Kier alpha value is -3.80. The molecule has 0 saturated heterocycles. The number of benzene rings is 3. The number of phenolic OH excluding ortho intramolecular Hbond substituents is 1. The standard InChI is InChI=1S/C32H39NO5/c1-3-5-7-8-9-10-22-37-28-16-11-25(12-17-28)32(35)38-30-18-13-26(31(34)23-30)24-33-27-14-19-29(20-15-27)36-21-6-4-2/h11-20,23-24,34H,3-10,21-22H2,1-2H3. The fraction of sp³-hybridized carbons (Fsp3) is 0.375. The molecule has 0 aliphatic heterocycles. The molecule has 3 aromatic carbocycles. The Kier molecular flexibility index (Phi) is 12.2. The van der Waals surface area contributed by atoms with Crippen LogP contribution in [0.2, 0.25) is 0 Å². The number of esters is 1. The van der Waals surface area contributed by atoms with Crippen LogP contribution in [0.15, 0.2) is 71.7 Å². The number of nitrogens with zero attached hydrogens (tertiary/aromatic N) is 1. The Morgan fingerprint density at radius 1 is 0.737 bits per heavy atom. The first kappa shape index (κ1) is 28.8. The molecule has 0 bridgehead atoms. The highest BCUT2D eigenvalue weighted by Crippen LogP contribution is 2.25. The number of aliphatic imine (C=N–C) groups is 1. The Labute approximate surface area is 226 Å². The molecule has 6 nitrogen and oxygen atoms in total. The summed E-state index contributed by atoms with van der Waals surface area (Å²) >= 11 is 0. The number of rotatable bonds is 16. The van der Waals surface area contributed by atoms with Crippen LogP contribution in [0.25, 0.3) is 0 Å². The van der Waals surface area contributed by atoms with Crippen LogP contribution in [0, 0.1) is 0 Å². The van der Waals surface area contributed by atoms with Gasteiger partial charge in [-0.25, -0.2) is 4.79 Å². The molecule has 3 aromatic rings. The molecule has 202 valence electrons. The van der Waals surface area contributed by atoms with Gasteiger partial charge in [-0.1, -0.05) is 52.4 Å². The Balaban J connectivity index is 1.47. The van der Waals surface area contributed by atoms with Crippen LogP contribution in [0.3, 0.4) is 0 Å². The first-order valence-corrected chi connectivity index (χ1v) is 13.6. The summed E-state index contributed by atoms with van der Waals surface area (Å²) < 4.78 is 16.9. The average molecular weight is 518 g/mol. The van der Waals surface area contributed by atoms with Gasteiger partial charge in [0.15, 0.2) is 0 Å². The fourth-order valence-electron chi connectivity index (χ4n) is 3.73. The van der Waals surface area contributed by atoms with Crippen LogP contribution >= 0.6 is 0 Å². The minimum Gasteiger partial charge on any atom is -0.507 e. The van der Waals surface area contributed by atoms with Crippen LogP contribution in [-0.2, 0) is 0 Å². The summed E-state index contributed by atoms with van der Waals surface area (Å²) in [4.78, 5) is 17.0. The van der Waals surface area contributed by atoms with E-state index in [-0.39, 0.29) is 11.5 Å². The summed E-state index contributed by atoms with van der Waals surface area (Å²) in [6.45, 7) is 5.71. The van der Waals surface area contributed by atoms with Crippen molar-refractivity contribution in [1.82, 2.24) is 0 Å². The first-order chi connectivity index (χ1) is 18.6. The third-order valence-electron chi connectivity index (χ3n) is 6.03. The van der Waals surface area contributed by atoms with Crippen LogP contribution in [0.4, 0.5) is 5.69 Å². The number of hydrogen-bond acceptors (Lipinski definition) is 6. The third kappa shape index (κ3) is 9.92. The van der Waals surface area contributed by atoms with E-state index in [0.29, 0.717) is 24.3 Å². The zero-order valence-electron chi connectivity index (χ0n) is 22.5. The molecule has 0 saturated carbocycles. The summed E-state index contributed by atoms with van der Waals surface area (Å²) in [5, 5.41) is 10.4. The SMILES string of the molecule is CCCCCCCCOc1ccc(C(=O)Oc2ccc(C=Nc3ccc(OCCCC)cc3)c(O)c2)cc1. The zero-order valence-corrected chi connectivity index (χ0v) is 22.5. The molecule has 0 spiro atoms. The molecule has 0 aliphatic rings. The minimum atomic E-state index is -0.505. The maximum Gasteiger partial charge on any atom is 0.343 e. The van der Waals surface area contributed by atoms with E-state index in [1.165, 1.54) is 38.2 Å². The van der Waals surface area contributed by atoms with Gasteiger partial charge in [-0.15, -0.1) is 0 Å². The molecular formula is C32H39NO5. The molecule has 0 heterocycles. The van der Waals surface area contributed by atoms with Crippen LogP contribution in [-0.4, -0.2) is 30.5 Å². The van der Waals surface area contributed by atoms with Crippen molar-refractivity contribution in [3.05, 3.63) is 77.9 Å². The van der Waals surface area contributed by atoms with Gasteiger partial charge in [0, 0.05) is 17.8 Å². The van der Waals surface area contributed by atoms with Gasteiger partial charge in [-0.05, 0) is 73.5 Å². The smallest absolute Gasteiger partial charge is 0.343 e. The lowest BCUT2D eigenvalue weighted by molar-refractivity contribution is 0.0734. The molecule has 0 aromatic heterocycles. The van der Waals surface area contributed by atoms with Gasteiger partial charge in [-0.2, -0.15) is 0 Å². The highest BCUT2D eigenvalue weighted by Gasteiger charge is 2.11. The van der Waals surface area contributed by atoms with Gasteiger partial charge in [0.1, 0.15) is 23.0 Å². The van der Waals surface area contributed by atoms with Crippen molar-refractivity contribution < 1.29 is 24.1 Å². The van der Waals surface area contributed by atoms with E-state index in [2.05, 4.69) is 18.8 Å². The number of unbranched alkanes of at least 4 members (excludes halogenated alkanes) is 6. The summed E-state index contributed by atoms with van der Waals surface area (Å²) in [5.74, 6) is 1.25. The zero-order chi connectivity index (χ0) is 27.0.